The molecule has 0 aliphatic carbocycles. The molecule has 0 aliphatic rings. The van der Waals surface area contributed by atoms with Gasteiger partial charge in [-0.1, -0.05) is 6.07 Å². The predicted molar refractivity (Wildman–Crippen MR) is 137 cm³/mol. The van der Waals surface area contributed by atoms with E-state index in [4.69, 9.17) is 11.6 Å². The summed E-state index contributed by atoms with van der Waals surface area (Å²) in [6, 6.07) is 23.1. The quantitative estimate of drug-likeness (QED) is 0.294. The van der Waals surface area contributed by atoms with E-state index in [0.717, 1.165) is 44.9 Å². The van der Waals surface area contributed by atoms with Gasteiger partial charge in [-0.05, 0) is 60.7 Å². The number of pyridine rings is 3. The monoisotopic (exact) mass is 454 g/mol. The van der Waals surface area contributed by atoms with Crippen LogP contribution in [-0.2, 0) is 0 Å². The maximum atomic E-state index is 7.30. The Balaban J connectivity index is 1.26. The maximum Gasteiger partial charge on any atom is 0.188 e. The van der Waals surface area contributed by atoms with E-state index in [1.807, 2.05) is 72.9 Å². The van der Waals surface area contributed by atoms with Crippen molar-refractivity contribution in [3.8, 4) is 11.4 Å². The van der Waals surface area contributed by atoms with Crippen molar-refractivity contribution < 1.29 is 0 Å². The van der Waals surface area contributed by atoms with E-state index >= 15 is 0 Å². The third kappa shape index (κ3) is 4.10. The molecule has 8 nitrogen and oxygen atoms in total. The van der Waals surface area contributed by atoms with Crippen LogP contribution < -0.4 is 10.6 Å². The predicted octanol–water partition coefficient (Wildman–Crippen LogP) is 6.38. The highest BCUT2D eigenvalue weighted by Crippen LogP contribution is 2.29. The fourth-order valence-corrected chi connectivity index (χ4v) is 3.85. The second-order valence-corrected chi connectivity index (χ2v) is 7.89. The molecule has 0 saturated carbocycles. The molecule has 0 unspecified atom stereocenters. The first-order valence-electron chi connectivity index (χ1n) is 10.9. The van der Waals surface area contributed by atoms with Gasteiger partial charge in [-0.3, -0.25) is 9.97 Å². The first kappa shape index (κ1) is 20.3. The Labute approximate surface area is 200 Å². The Morgan fingerprint density at radius 1 is 0.771 bits per heavy atom. The number of fused-ring (bicyclic) bond motifs is 2. The molecule has 166 valence electrons. The van der Waals surface area contributed by atoms with E-state index in [1.54, 1.807) is 29.2 Å². The molecule has 0 amide bonds. The lowest BCUT2D eigenvalue weighted by atomic mass is 10.1. The smallest absolute Gasteiger partial charge is 0.188 e. The Bertz CT molecular complexity index is 1700. The van der Waals surface area contributed by atoms with Gasteiger partial charge in [0.1, 0.15) is 0 Å². The lowest BCUT2D eigenvalue weighted by molar-refractivity contribution is 0.966. The van der Waals surface area contributed by atoms with Crippen molar-refractivity contribution in [1.29, 1.82) is 0 Å². The molecule has 2 aromatic carbocycles. The molecule has 8 heteroatoms. The molecular formula is C27H18N8. The minimum atomic E-state index is 0.577. The van der Waals surface area contributed by atoms with Crippen LogP contribution in [0.4, 0.5) is 28.4 Å². The lowest BCUT2D eigenvalue weighted by Crippen LogP contribution is -1.94. The molecular weight excluding hydrogens is 436 g/mol. The number of nitrogens with one attached hydrogen (secondary N) is 2. The zero-order valence-corrected chi connectivity index (χ0v) is 18.4. The van der Waals surface area contributed by atoms with Gasteiger partial charge in [0.25, 0.3) is 0 Å². The van der Waals surface area contributed by atoms with Crippen LogP contribution >= 0.6 is 0 Å². The van der Waals surface area contributed by atoms with Crippen LogP contribution in [0.1, 0.15) is 0 Å². The molecule has 2 N–H and O–H groups in total. The third-order valence-electron chi connectivity index (χ3n) is 5.58. The molecule has 0 fully saturated rings. The molecule has 6 aromatic rings. The van der Waals surface area contributed by atoms with Gasteiger partial charge in [-0.15, -0.1) is 5.10 Å². The molecule has 6 rings (SSSR count). The highest BCUT2D eigenvalue weighted by atomic mass is 15.3. The largest absolute Gasteiger partial charge is 0.355 e. The van der Waals surface area contributed by atoms with Crippen molar-refractivity contribution in [3.05, 3.63) is 109 Å². The van der Waals surface area contributed by atoms with Crippen LogP contribution in [0.3, 0.4) is 0 Å². The summed E-state index contributed by atoms with van der Waals surface area (Å²) >= 11 is 0. The molecule has 0 bridgehead atoms. The van der Waals surface area contributed by atoms with E-state index < -0.39 is 0 Å². The maximum absolute atomic E-state index is 7.30. The molecule has 0 radical (unpaired) electrons. The second-order valence-electron chi connectivity index (χ2n) is 7.89. The Kier molecular flexibility index (Phi) is 4.98. The van der Waals surface area contributed by atoms with Gasteiger partial charge in [0.05, 0.1) is 12.1 Å². The van der Waals surface area contributed by atoms with Gasteiger partial charge in [0, 0.05) is 64.6 Å². The summed E-state index contributed by atoms with van der Waals surface area (Å²) in [6.45, 7) is 7.30. The first-order valence-corrected chi connectivity index (χ1v) is 10.9. The van der Waals surface area contributed by atoms with Crippen molar-refractivity contribution in [1.82, 2.24) is 24.6 Å². The second kappa shape index (κ2) is 8.57. The van der Waals surface area contributed by atoms with Crippen molar-refractivity contribution in [2.75, 3.05) is 10.6 Å². The Hall–Kier alpha value is -5.29. The van der Waals surface area contributed by atoms with Gasteiger partial charge in [0.2, 0.25) is 0 Å². The topological polar surface area (TPSA) is 84.4 Å². The van der Waals surface area contributed by atoms with E-state index in [9.17, 15) is 0 Å². The number of anilines is 4. The zero-order valence-electron chi connectivity index (χ0n) is 18.4. The summed E-state index contributed by atoms with van der Waals surface area (Å²) in [7, 11) is 0. The normalized spacial score (nSPS) is 10.8. The standard InChI is InChI=1S/C27H18N8/c1-28-21-6-7-24-23(16-21)25(10-14-30-24)32-22-11-15-35-26(17-22)33-27(34-35)18-2-4-19(5-3-18)31-20-8-12-29-13-9-20/h2-17H,(H,29,31)(H,30,32). The fourth-order valence-electron chi connectivity index (χ4n) is 3.85. The molecule has 0 saturated heterocycles. The summed E-state index contributed by atoms with van der Waals surface area (Å²) in [5.41, 5.74) is 6.76. The summed E-state index contributed by atoms with van der Waals surface area (Å²) in [5.74, 6) is 0.647. The van der Waals surface area contributed by atoms with Crippen LogP contribution in [0.15, 0.2) is 97.6 Å². The lowest BCUT2D eigenvalue weighted by Gasteiger charge is -2.10. The van der Waals surface area contributed by atoms with E-state index in [1.165, 1.54) is 0 Å². The fraction of sp³-hybridized carbons (Fsp3) is 0. The van der Waals surface area contributed by atoms with E-state index in [0.29, 0.717) is 11.5 Å². The number of hydrogen-bond donors (Lipinski definition) is 2. The minimum Gasteiger partial charge on any atom is -0.355 e. The van der Waals surface area contributed by atoms with Crippen LogP contribution in [0, 0.1) is 6.57 Å². The summed E-state index contributed by atoms with van der Waals surface area (Å²) in [4.78, 5) is 16.7. The molecule has 4 heterocycles. The third-order valence-corrected chi connectivity index (χ3v) is 5.58. The zero-order chi connectivity index (χ0) is 23.6. The van der Waals surface area contributed by atoms with Gasteiger partial charge >= 0.3 is 0 Å². The molecule has 0 aliphatic heterocycles. The molecule has 0 atom stereocenters. The van der Waals surface area contributed by atoms with Gasteiger partial charge in [-0.2, -0.15) is 0 Å². The van der Waals surface area contributed by atoms with Gasteiger partial charge in [-0.25, -0.2) is 14.3 Å². The SMILES string of the molecule is [C-]#[N+]c1ccc2nccc(Nc3ccn4nc(-c5ccc(Nc6ccncc6)cc5)nc4c3)c2c1. The van der Waals surface area contributed by atoms with Crippen LogP contribution in [0.25, 0.3) is 32.8 Å². The molecule has 35 heavy (non-hydrogen) atoms. The highest BCUT2D eigenvalue weighted by molar-refractivity contribution is 5.95. The Morgan fingerprint density at radius 2 is 1.60 bits per heavy atom. The average molecular weight is 454 g/mol. The van der Waals surface area contributed by atoms with Crippen molar-refractivity contribution in [3.63, 3.8) is 0 Å². The van der Waals surface area contributed by atoms with E-state index in [-0.39, 0.29) is 0 Å². The van der Waals surface area contributed by atoms with Crippen LogP contribution in [-0.4, -0.2) is 24.6 Å². The highest BCUT2D eigenvalue weighted by Gasteiger charge is 2.09. The summed E-state index contributed by atoms with van der Waals surface area (Å²) in [5, 5.41) is 12.3. The number of aromatic nitrogens is 5. The molecule has 4 aromatic heterocycles. The van der Waals surface area contributed by atoms with Gasteiger partial charge in [0.15, 0.2) is 17.2 Å². The van der Waals surface area contributed by atoms with Crippen molar-refractivity contribution in [2.45, 2.75) is 0 Å². The van der Waals surface area contributed by atoms with E-state index in [2.05, 4.69) is 30.5 Å². The van der Waals surface area contributed by atoms with Crippen LogP contribution in [0.2, 0.25) is 0 Å². The minimum absolute atomic E-state index is 0.577. The average Bonchev–Trinajstić information content (AvgIpc) is 3.33. The van der Waals surface area contributed by atoms with Gasteiger partial charge < -0.3 is 10.6 Å². The number of rotatable bonds is 5. The number of benzene rings is 2. The summed E-state index contributed by atoms with van der Waals surface area (Å²) in [6.07, 6.45) is 7.13. The first-order chi connectivity index (χ1) is 17.2. The van der Waals surface area contributed by atoms with Crippen LogP contribution in [0.5, 0.6) is 0 Å². The van der Waals surface area contributed by atoms with Crippen molar-refractivity contribution >= 4 is 45.0 Å². The number of hydrogen-bond acceptors (Lipinski definition) is 6. The summed E-state index contributed by atoms with van der Waals surface area (Å²) < 4.78 is 1.76. The molecule has 0 spiro atoms. The number of nitrogens with zero attached hydrogens (tertiary/aromatic N) is 6. The Morgan fingerprint density at radius 3 is 2.43 bits per heavy atom. The van der Waals surface area contributed by atoms with Crippen molar-refractivity contribution in [2.24, 2.45) is 0 Å².